The van der Waals surface area contributed by atoms with E-state index >= 15 is 0 Å². The molecule has 8 heteroatoms. The van der Waals surface area contributed by atoms with Gasteiger partial charge in [0.2, 0.25) is 0 Å². The molecule has 0 amide bonds. The van der Waals surface area contributed by atoms with Gasteiger partial charge in [-0.05, 0) is 285 Å². The predicted octanol–water partition coefficient (Wildman–Crippen LogP) is 38.7. The van der Waals surface area contributed by atoms with Gasteiger partial charge in [0.25, 0.3) is 0 Å². The van der Waals surface area contributed by atoms with Gasteiger partial charge in [-0.15, -0.1) is 22.7 Å². The van der Waals surface area contributed by atoms with Gasteiger partial charge < -0.3 is 28.3 Å². The largest absolute Gasteiger partial charge is 0.456 e. The molecule has 5 heterocycles. The standard InChI is InChI=1S/C48H30N2O.C48H30N2S.C36H23NS/c2*1-3-12-34(13-4-1)49(44-20-11-18-40-38-16-7-9-19-43(38)50(48(40)44)35-14-5-2-6-15-35)36-26-27-37-32(28-36)24-22-31-23-25-33-29-42-39-17-8-10-21-45(39)51-46(42)30-41(33)47(31)37;1-3-9-27(10-4-1)37(28-11-5-2-6-12-28)29-19-20-30-25(21-29)17-15-24-16-18-26-22-35-33(23-32(26)36(24)30)31-13-7-8-14-34(31)38-35/h2*1-30H;1-23H. The van der Waals surface area contributed by atoms with Gasteiger partial charge in [0.1, 0.15) is 11.2 Å². The first-order valence-corrected chi connectivity index (χ1v) is 49.4. The van der Waals surface area contributed by atoms with E-state index in [4.69, 9.17) is 4.42 Å². The Morgan fingerprint density at radius 2 is 0.486 bits per heavy atom. The summed E-state index contributed by atoms with van der Waals surface area (Å²) in [5, 5.41) is 35.3. The van der Waals surface area contributed by atoms with Crippen LogP contribution >= 0.6 is 22.7 Å². The number of furan rings is 1. The van der Waals surface area contributed by atoms with E-state index in [2.05, 4.69) is 515 Å². The molecule has 6 nitrogen and oxygen atoms in total. The van der Waals surface area contributed by atoms with Crippen LogP contribution in [0, 0.1) is 0 Å². The summed E-state index contributed by atoms with van der Waals surface area (Å²) in [6, 6.07) is 183. The number of nitrogens with zero attached hydrogens (tertiary/aromatic N) is 5. The normalized spacial score (nSPS) is 11.9. The predicted molar refractivity (Wildman–Crippen MR) is 603 cm³/mol. The van der Waals surface area contributed by atoms with Gasteiger partial charge in [-0.2, -0.15) is 0 Å². The third-order valence-electron chi connectivity index (χ3n) is 28.6. The van der Waals surface area contributed by atoms with E-state index in [1.54, 1.807) is 0 Å². The Bertz CT molecular complexity index is 9770. The van der Waals surface area contributed by atoms with Crippen molar-refractivity contribution in [1.82, 2.24) is 9.13 Å². The Labute approximate surface area is 813 Å². The number of fused-ring (bicyclic) bond motifs is 30. The maximum Gasteiger partial charge on any atom is 0.136 e. The second kappa shape index (κ2) is 33.0. The first-order chi connectivity index (χ1) is 69.4. The summed E-state index contributed by atoms with van der Waals surface area (Å²) < 4.78 is 16.6. The highest BCUT2D eigenvalue weighted by Crippen LogP contribution is 2.51. The summed E-state index contributed by atoms with van der Waals surface area (Å²) in [5.74, 6) is 0. The van der Waals surface area contributed by atoms with Crippen LogP contribution in [-0.2, 0) is 0 Å². The molecule has 0 aliphatic carbocycles. The molecule has 0 N–H and O–H groups in total. The van der Waals surface area contributed by atoms with Crippen molar-refractivity contribution in [2.24, 2.45) is 0 Å². The Morgan fingerprint density at radius 3 is 0.936 bits per heavy atom. The lowest BCUT2D eigenvalue weighted by molar-refractivity contribution is 0.669. The molecule has 0 aliphatic heterocycles. The minimum atomic E-state index is 0.918. The SMILES string of the molecule is c1ccc(N(c2ccc3c(ccc4ccc5cc6c(cc5c43)oc3ccccc36)c2)c2cccc3c4ccccc4n(-c4ccccc4)c23)cc1.c1ccc(N(c2ccc3c(ccc4ccc5cc6c(cc5c43)sc3ccccc36)c2)c2cccc3c4ccccc4n(-c4ccccc4)c23)cc1.c1ccc(N(c2ccccc2)c2ccc3c(ccc4ccc5cc6sc7ccccc7c6cc5c43)c2)cc1. The fourth-order valence-electron chi connectivity index (χ4n) is 22.4. The molecule has 0 spiro atoms. The van der Waals surface area contributed by atoms with E-state index in [1.807, 2.05) is 34.8 Å². The first-order valence-electron chi connectivity index (χ1n) is 47.8. The molecule has 5 aromatic heterocycles. The smallest absolute Gasteiger partial charge is 0.136 e. The van der Waals surface area contributed by atoms with E-state index in [-0.39, 0.29) is 0 Å². The molecule has 0 saturated heterocycles. The second-order valence-corrected chi connectivity index (χ2v) is 38.6. The molecule has 0 fully saturated rings. The molecular formula is C132H83N5OS2. The number of para-hydroxylation sites is 11. The zero-order valence-electron chi connectivity index (χ0n) is 75.9. The van der Waals surface area contributed by atoms with E-state index in [9.17, 15) is 0 Å². The minimum absolute atomic E-state index is 0.918. The van der Waals surface area contributed by atoms with Crippen LogP contribution in [0.1, 0.15) is 0 Å². The number of rotatable bonds is 11. The average molecular weight is 1820 g/mol. The van der Waals surface area contributed by atoms with Crippen molar-refractivity contribution in [1.29, 1.82) is 0 Å². The van der Waals surface area contributed by atoms with Crippen molar-refractivity contribution in [2.45, 2.75) is 0 Å². The highest BCUT2D eigenvalue weighted by Gasteiger charge is 2.27. The zero-order valence-corrected chi connectivity index (χ0v) is 77.5. The van der Waals surface area contributed by atoms with Crippen molar-refractivity contribution in [3.8, 4) is 11.4 Å². The maximum absolute atomic E-state index is 6.36. The lowest BCUT2D eigenvalue weighted by Gasteiger charge is -2.27. The van der Waals surface area contributed by atoms with Crippen LogP contribution in [0.15, 0.2) is 508 Å². The van der Waals surface area contributed by atoms with Gasteiger partial charge >= 0.3 is 0 Å². The van der Waals surface area contributed by atoms with E-state index in [1.165, 1.54) is 181 Å². The summed E-state index contributed by atoms with van der Waals surface area (Å²) in [4.78, 5) is 7.16. The number of hydrogen-bond donors (Lipinski definition) is 0. The number of hydrogen-bond acceptors (Lipinski definition) is 6. The van der Waals surface area contributed by atoms with Gasteiger partial charge in [-0.3, -0.25) is 0 Å². The third kappa shape index (κ3) is 13.3. The molecule has 30 rings (SSSR count). The van der Waals surface area contributed by atoms with Crippen LogP contribution in [0.5, 0.6) is 0 Å². The van der Waals surface area contributed by atoms with Gasteiger partial charge in [0.05, 0.1) is 33.4 Å². The van der Waals surface area contributed by atoms with Crippen molar-refractivity contribution < 1.29 is 4.42 Å². The summed E-state index contributed by atoms with van der Waals surface area (Å²) in [6.07, 6.45) is 0. The van der Waals surface area contributed by atoms with Crippen molar-refractivity contribution in [3.05, 3.63) is 504 Å². The Balaban J connectivity index is 0.000000104. The van der Waals surface area contributed by atoms with Crippen LogP contribution in [0.3, 0.4) is 0 Å². The minimum Gasteiger partial charge on any atom is -0.456 e. The Kier molecular flexibility index (Phi) is 19.0. The zero-order chi connectivity index (χ0) is 92.0. The van der Waals surface area contributed by atoms with Crippen LogP contribution in [0.25, 0.3) is 214 Å². The Morgan fingerprint density at radius 1 is 0.164 bits per heavy atom. The molecule has 25 aromatic carbocycles. The number of thiophene rings is 2. The molecule has 0 aliphatic rings. The lowest BCUT2D eigenvalue weighted by atomic mass is 9.95. The fourth-order valence-corrected chi connectivity index (χ4v) is 24.6. The fraction of sp³-hybridized carbons (Fsp3) is 0. The van der Waals surface area contributed by atoms with Crippen LogP contribution in [-0.4, -0.2) is 9.13 Å². The molecule has 0 radical (unpaired) electrons. The van der Waals surface area contributed by atoms with E-state index in [0.717, 1.165) is 84.5 Å². The average Bonchev–Trinajstić information content (AvgIpc) is 1.66. The molecule has 654 valence electrons. The molecule has 30 aromatic rings. The summed E-state index contributed by atoms with van der Waals surface area (Å²) >= 11 is 3.77. The van der Waals surface area contributed by atoms with Gasteiger partial charge in [-0.1, -0.05) is 315 Å². The van der Waals surface area contributed by atoms with Crippen LogP contribution < -0.4 is 14.7 Å². The molecule has 0 atom stereocenters. The maximum atomic E-state index is 6.36. The van der Waals surface area contributed by atoms with Crippen molar-refractivity contribution in [3.63, 3.8) is 0 Å². The lowest BCUT2D eigenvalue weighted by Crippen LogP contribution is -2.11. The second-order valence-electron chi connectivity index (χ2n) is 36.5. The van der Waals surface area contributed by atoms with Crippen LogP contribution in [0.4, 0.5) is 51.2 Å². The number of benzene rings is 25. The molecule has 140 heavy (non-hydrogen) atoms. The van der Waals surface area contributed by atoms with Crippen LogP contribution in [0.2, 0.25) is 0 Å². The van der Waals surface area contributed by atoms with Gasteiger partial charge in [0.15, 0.2) is 0 Å². The highest BCUT2D eigenvalue weighted by molar-refractivity contribution is 7.26. The monoisotopic (exact) mass is 1820 g/mol. The van der Waals surface area contributed by atoms with Gasteiger partial charge in [0, 0.05) is 124 Å². The third-order valence-corrected chi connectivity index (χ3v) is 30.8. The highest BCUT2D eigenvalue weighted by atomic mass is 32.1. The topological polar surface area (TPSA) is 32.7 Å². The van der Waals surface area contributed by atoms with Crippen molar-refractivity contribution >= 4 is 277 Å². The number of aromatic nitrogens is 2. The quantitative estimate of drug-likeness (QED) is 0.121. The molecule has 0 unspecified atom stereocenters. The Hall–Kier alpha value is -17.9. The molecule has 0 saturated carbocycles. The van der Waals surface area contributed by atoms with E-state index in [0.29, 0.717) is 0 Å². The van der Waals surface area contributed by atoms with Crippen molar-refractivity contribution in [2.75, 3.05) is 14.7 Å². The molecule has 0 bridgehead atoms. The van der Waals surface area contributed by atoms with E-state index < -0.39 is 0 Å². The van der Waals surface area contributed by atoms with Gasteiger partial charge in [-0.25, -0.2) is 0 Å². The summed E-state index contributed by atoms with van der Waals surface area (Å²) in [6.45, 7) is 0. The summed E-state index contributed by atoms with van der Waals surface area (Å²) in [5.41, 5.74) is 19.0. The first kappa shape index (κ1) is 80.5. The molecular weight excluding hydrogens is 1740 g/mol. The number of anilines is 9. The summed E-state index contributed by atoms with van der Waals surface area (Å²) in [7, 11) is 0.